The van der Waals surface area contributed by atoms with E-state index < -0.39 is 0 Å². The van der Waals surface area contributed by atoms with E-state index in [1.807, 2.05) is 5.51 Å². The van der Waals surface area contributed by atoms with Crippen LogP contribution in [0.4, 0.5) is 5.69 Å². The zero-order valence-electron chi connectivity index (χ0n) is 11.4. The van der Waals surface area contributed by atoms with E-state index in [-0.39, 0.29) is 0 Å². The minimum Gasteiger partial charge on any atom is -0.382 e. The van der Waals surface area contributed by atoms with Crippen molar-refractivity contribution in [1.82, 2.24) is 10.3 Å². The van der Waals surface area contributed by atoms with Crippen LogP contribution in [0.25, 0.3) is 10.2 Å². The second kappa shape index (κ2) is 5.88. The number of rotatable bonds is 4. The maximum absolute atomic E-state index is 4.31. The van der Waals surface area contributed by atoms with Gasteiger partial charge in [0, 0.05) is 17.8 Å². The van der Waals surface area contributed by atoms with Crippen LogP contribution in [-0.2, 0) is 0 Å². The lowest BCUT2D eigenvalue weighted by Crippen LogP contribution is -2.37. The Hall–Kier alpha value is -1.13. The Morgan fingerprint density at radius 1 is 1.47 bits per heavy atom. The summed E-state index contributed by atoms with van der Waals surface area (Å²) in [4.78, 5) is 4.31. The quantitative estimate of drug-likeness (QED) is 0.894. The highest BCUT2D eigenvalue weighted by Crippen LogP contribution is 2.23. The second-order valence-electron chi connectivity index (χ2n) is 5.46. The van der Waals surface area contributed by atoms with Crippen molar-refractivity contribution in [2.24, 2.45) is 0 Å². The average molecular weight is 275 g/mol. The molecule has 1 aromatic carbocycles. The maximum atomic E-state index is 4.31. The first-order chi connectivity index (χ1) is 9.31. The Morgan fingerprint density at radius 2 is 2.42 bits per heavy atom. The van der Waals surface area contributed by atoms with Crippen LogP contribution in [-0.4, -0.2) is 23.6 Å². The van der Waals surface area contributed by atoms with Gasteiger partial charge in [0.1, 0.15) is 0 Å². The Kier molecular flexibility index (Phi) is 3.99. The normalized spacial score (nSPS) is 21.4. The van der Waals surface area contributed by atoms with E-state index in [1.54, 1.807) is 11.3 Å². The van der Waals surface area contributed by atoms with Crippen LogP contribution < -0.4 is 10.6 Å². The Balaban J connectivity index is 1.59. The first kappa shape index (κ1) is 12.9. The smallest absolute Gasteiger partial charge is 0.0813 e. The molecule has 19 heavy (non-hydrogen) atoms. The van der Waals surface area contributed by atoms with Gasteiger partial charge in [-0.2, -0.15) is 0 Å². The molecule has 1 aliphatic heterocycles. The van der Waals surface area contributed by atoms with Crippen molar-refractivity contribution in [3.05, 3.63) is 23.7 Å². The molecule has 0 spiro atoms. The summed E-state index contributed by atoms with van der Waals surface area (Å²) in [5.41, 5.74) is 4.21. The topological polar surface area (TPSA) is 37.0 Å². The van der Waals surface area contributed by atoms with Gasteiger partial charge >= 0.3 is 0 Å². The fraction of sp³-hybridized carbons (Fsp3) is 0.533. The van der Waals surface area contributed by atoms with E-state index in [2.05, 4.69) is 40.7 Å². The van der Waals surface area contributed by atoms with Gasteiger partial charge < -0.3 is 10.6 Å². The third-order valence-electron chi connectivity index (χ3n) is 3.79. The summed E-state index contributed by atoms with van der Waals surface area (Å²) in [7, 11) is 0. The van der Waals surface area contributed by atoms with Crippen molar-refractivity contribution in [3.8, 4) is 0 Å². The standard InChI is InChI=1S/C15H21N3S/c1-11(8-12-4-2-3-7-16-12)18-13-5-6-14-15(9-13)19-10-17-14/h5-6,9-12,16,18H,2-4,7-8H2,1H3. The van der Waals surface area contributed by atoms with Gasteiger partial charge in [0.25, 0.3) is 0 Å². The van der Waals surface area contributed by atoms with Crippen LogP contribution in [0.3, 0.4) is 0 Å². The molecule has 3 nitrogen and oxygen atoms in total. The lowest BCUT2D eigenvalue weighted by Gasteiger charge is -2.27. The van der Waals surface area contributed by atoms with Gasteiger partial charge in [-0.05, 0) is 50.9 Å². The van der Waals surface area contributed by atoms with Crippen molar-refractivity contribution in [2.45, 2.75) is 44.7 Å². The van der Waals surface area contributed by atoms with Gasteiger partial charge in [0.05, 0.1) is 15.7 Å². The monoisotopic (exact) mass is 275 g/mol. The summed E-state index contributed by atoms with van der Waals surface area (Å²) in [6.45, 7) is 3.46. The molecule has 4 heteroatoms. The van der Waals surface area contributed by atoms with Crippen molar-refractivity contribution >= 4 is 27.2 Å². The summed E-state index contributed by atoms with van der Waals surface area (Å²) in [6, 6.07) is 7.62. The molecule has 0 saturated carbocycles. The number of aromatic nitrogens is 1. The van der Waals surface area contributed by atoms with Gasteiger partial charge in [-0.3, -0.25) is 0 Å². The molecule has 3 rings (SSSR count). The van der Waals surface area contributed by atoms with E-state index >= 15 is 0 Å². The van der Waals surface area contributed by atoms with Crippen LogP contribution in [0.1, 0.15) is 32.6 Å². The van der Waals surface area contributed by atoms with Crippen LogP contribution >= 0.6 is 11.3 Å². The zero-order valence-corrected chi connectivity index (χ0v) is 12.2. The van der Waals surface area contributed by atoms with E-state index in [9.17, 15) is 0 Å². The highest BCUT2D eigenvalue weighted by molar-refractivity contribution is 7.16. The van der Waals surface area contributed by atoms with E-state index in [0.717, 1.165) is 5.52 Å². The van der Waals surface area contributed by atoms with Gasteiger partial charge in [-0.25, -0.2) is 4.98 Å². The first-order valence-electron chi connectivity index (χ1n) is 7.14. The summed E-state index contributed by atoms with van der Waals surface area (Å²) >= 11 is 1.70. The number of hydrogen-bond donors (Lipinski definition) is 2. The number of anilines is 1. The third kappa shape index (κ3) is 3.25. The Morgan fingerprint density at radius 3 is 3.26 bits per heavy atom. The molecule has 2 atom stereocenters. The minimum absolute atomic E-state index is 0.501. The number of hydrogen-bond acceptors (Lipinski definition) is 4. The van der Waals surface area contributed by atoms with Gasteiger partial charge in [-0.15, -0.1) is 11.3 Å². The van der Waals surface area contributed by atoms with E-state index in [4.69, 9.17) is 0 Å². The first-order valence-corrected chi connectivity index (χ1v) is 8.02. The van der Waals surface area contributed by atoms with Crippen LogP contribution in [0, 0.1) is 0 Å². The molecule has 1 aliphatic rings. The van der Waals surface area contributed by atoms with E-state index in [1.165, 1.54) is 42.6 Å². The predicted octanol–water partition coefficient (Wildman–Crippen LogP) is 3.63. The number of nitrogens with one attached hydrogen (secondary N) is 2. The molecule has 1 saturated heterocycles. The molecule has 102 valence electrons. The zero-order chi connectivity index (χ0) is 13.1. The highest BCUT2D eigenvalue weighted by atomic mass is 32.1. The van der Waals surface area contributed by atoms with Crippen molar-refractivity contribution in [2.75, 3.05) is 11.9 Å². The molecule has 2 aromatic rings. The second-order valence-corrected chi connectivity index (χ2v) is 6.35. The van der Waals surface area contributed by atoms with Crippen molar-refractivity contribution < 1.29 is 0 Å². The van der Waals surface area contributed by atoms with Gasteiger partial charge in [0.15, 0.2) is 0 Å². The lowest BCUT2D eigenvalue weighted by molar-refractivity contribution is 0.371. The molecule has 0 aliphatic carbocycles. The molecule has 2 heterocycles. The Bertz CT molecular complexity index is 531. The summed E-state index contributed by atoms with van der Waals surface area (Å²) in [6.07, 6.45) is 5.22. The third-order valence-corrected chi connectivity index (χ3v) is 4.59. The fourth-order valence-electron chi connectivity index (χ4n) is 2.84. The molecular formula is C15H21N3S. The number of benzene rings is 1. The molecule has 2 unspecified atom stereocenters. The molecule has 0 radical (unpaired) electrons. The average Bonchev–Trinajstić information content (AvgIpc) is 2.87. The summed E-state index contributed by atoms with van der Waals surface area (Å²) in [5, 5.41) is 7.22. The maximum Gasteiger partial charge on any atom is 0.0813 e. The molecule has 0 amide bonds. The Labute approximate surface area is 118 Å². The van der Waals surface area contributed by atoms with Crippen LogP contribution in [0.5, 0.6) is 0 Å². The molecule has 1 fully saturated rings. The van der Waals surface area contributed by atoms with Gasteiger partial charge in [-0.1, -0.05) is 6.42 Å². The fourth-order valence-corrected chi connectivity index (χ4v) is 3.56. The van der Waals surface area contributed by atoms with Crippen molar-refractivity contribution in [3.63, 3.8) is 0 Å². The van der Waals surface area contributed by atoms with Crippen molar-refractivity contribution in [1.29, 1.82) is 0 Å². The number of fused-ring (bicyclic) bond motifs is 1. The molecule has 0 bridgehead atoms. The highest BCUT2D eigenvalue weighted by Gasteiger charge is 2.15. The molecular weight excluding hydrogens is 254 g/mol. The minimum atomic E-state index is 0.501. The summed E-state index contributed by atoms with van der Waals surface area (Å²) in [5.74, 6) is 0. The summed E-state index contributed by atoms with van der Waals surface area (Å²) < 4.78 is 1.26. The number of nitrogens with zero attached hydrogens (tertiary/aromatic N) is 1. The lowest BCUT2D eigenvalue weighted by atomic mass is 9.99. The molecule has 1 aromatic heterocycles. The predicted molar refractivity (Wildman–Crippen MR) is 83.0 cm³/mol. The largest absolute Gasteiger partial charge is 0.382 e. The van der Waals surface area contributed by atoms with E-state index in [0.29, 0.717) is 12.1 Å². The number of thiazole rings is 1. The number of piperidine rings is 1. The van der Waals surface area contributed by atoms with Gasteiger partial charge in [0.2, 0.25) is 0 Å². The SMILES string of the molecule is CC(CC1CCCCN1)Nc1ccc2ncsc2c1. The van der Waals surface area contributed by atoms with Crippen LogP contribution in [0.15, 0.2) is 23.7 Å². The molecule has 2 N–H and O–H groups in total. The van der Waals surface area contributed by atoms with Crippen LogP contribution in [0.2, 0.25) is 0 Å².